The summed E-state index contributed by atoms with van der Waals surface area (Å²) in [5, 5.41) is 0. The molecular formula is C23H21NO3. The van der Waals surface area contributed by atoms with E-state index in [1.54, 1.807) is 0 Å². The summed E-state index contributed by atoms with van der Waals surface area (Å²) in [6, 6.07) is 25.0. The summed E-state index contributed by atoms with van der Waals surface area (Å²) in [4.78, 5) is 14.6. The topological polar surface area (TPSA) is 38.8 Å². The Labute approximate surface area is 159 Å². The fourth-order valence-electron chi connectivity index (χ4n) is 3.23. The van der Waals surface area contributed by atoms with Gasteiger partial charge in [-0.25, -0.2) is 0 Å². The highest BCUT2D eigenvalue weighted by atomic mass is 16.5. The smallest absolute Gasteiger partial charge is 0.258 e. The second-order valence-electron chi connectivity index (χ2n) is 6.37. The molecule has 3 aromatic rings. The van der Waals surface area contributed by atoms with Crippen LogP contribution in [0.15, 0.2) is 78.9 Å². The van der Waals surface area contributed by atoms with Crippen molar-refractivity contribution < 1.29 is 14.3 Å². The monoisotopic (exact) mass is 359 g/mol. The van der Waals surface area contributed by atoms with Crippen LogP contribution < -0.4 is 14.4 Å². The Kier molecular flexibility index (Phi) is 5.06. The Bertz CT molecular complexity index is 906. The van der Waals surface area contributed by atoms with Crippen molar-refractivity contribution in [1.82, 2.24) is 0 Å². The summed E-state index contributed by atoms with van der Waals surface area (Å²) < 4.78 is 11.3. The van der Waals surface area contributed by atoms with E-state index in [4.69, 9.17) is 9.47 Å². The Balaban J connectivity index is 1.32. The molecule has 0 atom stereocenters. The fourth-order valence-corrected chi connectivity index (χ4v) is 3.23. The lowest BCUT2D eigenvalue weighted by atomic mass is 10.1. The van der Waals surface area contributed by atoms with Gasteiger partial charge in [0.25, 0.3) is 5.91 Å². The Morgan fingerprint density at radius 1 is 0.778 bits per heavy atom. The number of amides is 1. The largest absolute Gasteiger partial charge is 0.490 e. The van der Waals surface area contributed by atoms with Crippen molar-refractivity contribution >= 4 is 11.6 Å². The van der Waals surface area contributed by atoms with Crippen LogP contribution in [-0.2, 0) is 6.42 Å². The second kappa shape index (κ2) is 7.96. The zero-order chi connectivity index (χ0) is 18.5. The molecule has 3 aromatic carbocycles. The van der Waals surface area contributed by atoms with Gasteiger partial charge in [-0.05, 0) is 54.4 Å². The number of carbonyl (C=O) groups excluding carboxylic acids is 1. The first-order valence-corrected chi connectivity index (χ1v) is 9.12. The maximum atomic E-state index is 12.8. The average molecular weight is 359 g/mol. The summed E-state index contributed by atoms with van der Waals surface area (Å²) in [6.07, 6.45) is 0.907. The molecule has 0 aromatic heterocycles. The van der Waals surface area contributed by atoms with E-state index in [-0.39, 0.29) is 5.91 Å². The Hall–Kier alpha value is -3.27. The van der Waals surface area contributed by atoms with Crippen molar-refractivity contribution in [3.8, 4) is 11.5 Å². The molecule has 4 nitrogen and oxygen atoms in total. The number of fused-ring (bicyclic) bond motifs is 1. The highest BCUT2D eigenvalue weighted by molar-refractivity contribution is 6.07. The standard InChI is InChI=1S/C23H21NO3/c25-23(24-15-14-18-6-4-5-9-22(18)24)19-10-12-21(13-11-19)27-17-16-26-20-7-2-1-3-8-20/h1-13H,14-17H2. The number of hydrogen-bond acceptors (Lipinski definition) is 3. The minimum Gasteiger partial charge on any atom is -0.490 e. The van der Waals surface area contributed by atoms with Crippen molar-refractivity contribution in [3.05, 3.63) is 90.0 Å². The van der Waals surface area contributed by atoms with Gasteiger partial charge in [-0.3, -0.25) is 4.79 Å². The molecule has 0 fully saturated rings. The molecule has 0 spiro atoms. The summed E-state index contributed by atoms with van der Waals surface area (Å²) in [5.74, 6) is 1.58. The van der Waals surface area contributed by atoms with Crippen LogP contribution in [0.1, 0.15) is 15.9 Å². The highest BCUT2D eigenvalue weighted by Gasteiger charge is 2.24. The van der Waals surface area contributed by atoms with Gasteiger partial charge in [-0.1, -0.05) is 36.4 Å². The van der Waals surface area contributed by atoms with Crippen molar-refractivity contribution in [2.75, 3.05) is 24.7 Å². The molecule has 0 saturated carbocycles. The quantitative estimate of drug-likeness (QED) is 0.614. The number of benzene rings is 3. The van der Waals surface area contributed by atoms with Gasteiger partial charge in [0.05, 0.1) is 0 Å². The minimum absolute atomic E-state index is 0.0268. The minimum atomic E-state index is 0.0268. The molecule has 4 rings (SSSR count). The maximum Gasteiger partial charge on any atom is 0.258 e. The second-order valence-corrected chi connectivity index (χ2v) is 6.37. The zero-order valence-electron chi connectivity index (χ0n) is 15.0. The number of para-hydroxylation sites is 2. The molecule has 4 heteroatoms. The van der Waals surface area contributed by atoms with Gasteiger partial charge in [-0.2, -0.15) is 0 Å². The van der Waals surface area contributed by atoms with Gasteiger partial charge in [0, 0.05) is 17.8 Å². The van der Waals surface area contributed by atoms with Gasteiger partial charge in [0.1, 0.15) is 24.7 Å². The molecule has 0 saturated heterocycles. The summed E-state index contributed by atoms with van der Waals surface area (Å²) in [7, 11) is 0. The lowest BCUT2D eigenvalue weighted by molar-refractivity contribution is 0.0989. The molecule has 0 bridgehead atoms. The van der Waals surface area contributed by atoms with Crippen LogP contribution in [-0.4, -0.2) is 25.7 Å². The lowest BCUT2D eigenvalue weighted by Crippen LogP contribution is -2.28. The van der Waals surface area contributed by atoms with Crippen LogP contribution in [0.25, 0.3) is 0 Å². The molecule has 0 unspecified atom stereocenters. The van der Waals surface area contributed by atoms with Crippen LogP contribution in [0.5, 0.6) is 11.5 Å². The first-order valence-electron chi connectivity index (χ1n) is 9.12. The van der Waals surface area contributed by atoms with E-state index in [1.165, 1.54) is 5.56 Å². The molecule has 1 aliphatic heterocycles. The van der Waals surface area contributed by atoms with E-state index in [0.29, 0.717) is 18.8 Å². The van der Waals surface area contributed by atoms with E-state index in [9.17, 15) is 4.79 Å². The third-order valence-electron chi connectivity index (χ3n) is 4.60. The highest BCUT2D eigenvalue weighted by Crippen LogP contribution is 2.29. The lowest BCUT2D eigenvalue weighted by Gasteiger charge is -2.17. The SMILES string of the molecule is O=C(c1ccc(OCCOc2ccccc2)cc1)N1CCc2ccccc21. The van der Waals surface area contributed by atoms with E-state index in [2.05, 4.69) is 6.07 Å². The normalized spacial score (nSPS) is 12.5. The Morgan fingerprint density at radius 2 is 1.41 bits per heavy atom. The van der Waals surface area contributed by atoms with E-state index in [0.717, 1.165) is 30.2 Å². The first kappa shape index (κ1) is 17.2. The molecule has 1 heterocycles. The van der Waals surface area contributed by atoms with Gasteiger partial charge in [0.2, 0.25) is 0 Å². The predicted octanol–water partition coefficient (Wildman–Crippen LogP) is 4.35. The van der Waals surface area contributed by atoms with Crippen molar-refractivity contribution in [1.29, 1.82) is 0 Å². The third-order valence-corrected chi connectivity index (χ3v) is 4.60. The number of rotatable bonds is 6. The molecule has 0 aliphatic carbocycles. The number of ether oxygens (including phenoxy) is 2. The van der Waals surface area contributed by atoms with Crippen molar-refractivity contribution in [3.63, 3.8) is 0 Å². The summed E-state index contributed by atoms with van der Waals surface area (Å²) in [5.41, 5.74) is 2.91. The van der Waals surface area contributed by atoms with Crippen molar-refractivity contribution in [2.24, 2.45) is 0 Å². The number of nitrogens with zero attached hydrogens (tertiary/aromatic N) is 1. The van der Waals surface area contributed by atoms with Crippen molar-refractivity contribution in [2.45, 2.75) is 6.42 Å². The first-order chi connectivity index (χ1) is 13.3. The predicted molar refractivity (Wildman–Crippen MR) is 106 cm³/mol. The van der Waals surface area contributed by atoms with Gasteiger partial charge < -0.3 is 14.4 Å². The molecule has 0 radical (unpaired) electrons. The maximum absolute atomic E-state index is 12.8. The van der Waals surface area contributed by atoms with Crippen LogP contribution in [0.3, 0.4) is 0 Å². The number of anilines is 1. The van der Waals surface area contributed by atoms with Crippen LogP contribution in [0.2, 0.25) is 0 Å². The zero-order valence-corrected chi connectivity index (χ0v) is 15.0. The molecule has 27 heavy (non-hydrogen) atoms. The van der Waals surface area contributed by atoms with Gasteiger partial charge in [0.15, 0.2) is 0 Å². The van der Waals surface area contributed by atoms with Crippen LogP contribution in [0, 0.1) is 0 Å². The van der Waals surface area contributed by atoms with Gasteiger partial charge in [-0.15, -0.1) is 0 Å². The van der Waals surface area contributed by atoms with Gasteiger partial charge >= 0.3 is 0 Å². The average Bonchev–Trinajstić information content (AvgIpc) is 3.16. The summed E-state index contributed by atoms with van der Waals surface area (Å²) in [6.45, 7) is 1.64. The van der Waals surface area contributed by atoms with E-state index in [1.807, 2.05) is 77.7 Å². The Morgan fingerprint density at radius 3 is 2.15 bits per heavy atom. The van der Waals surface area contributed by atoms with Crippen LogP contribution >= 0.6 is 0 Å². The van der Waals surface area contributed by atoms with Crippen LogP contribution in [0.4, 0.5) is 5.69 Å². The van der Waals surface area contributed by atoms with E-state index < -0.39 is 0 Å². The van der Waals surface area contributed by atoms with E-state index >= 15 is 0 Å². The molecule has 0 N–H and O–H groups in total. The number of hydrogen-bond donors (Lipinski definition) is 0. The molecule has 1 aliphatic rings. The summed E-state index contributed by atoms with van der Waals surface area (Å²) >= 11 is 0. The molecule has 136 valence electrons. The molecule has 1 amide bonds. The number of carbonyl (C=O) groups is 1. The third kappa shape index (κ3) is 3.95. The molecular weight excluding hydrogens is 338 g/mol. The fraction of sp³-hybridized carbons (Fsp3) is 0.174.